The van der Waals surface area contributed by atoms with Gasteiger partial charge in [0.1, 0.15) is 0 Å². The van der Waals surface area contributed by atoms with E-state index >= 15 is 0 Å². The van der Waals surface area contributed by atoms with Crippen LogP contribution in [-0.2, 0) is 31.3 Å². The van der Waals surface area contributed by atoms with Crippen molar-refractivity contribution in [2.75, 3.05) is 0 Å². The van der Waals surface area contributed by atoms with Gasteiger partial charge in [0.2, 0.25) is 21.8 Å². The summed E-state index contributed by atoms with van der Waals surface area (Å²) in [5, 5.41) is 0. The van der Waals surface area contributed by atoms with E-state index in [1.807, 2.05) is 0 Å². The van der Waals surface area contributed by atoms with Crippen LogP contribution in [0.15, 0.2) is 0 Å². The maximum absolute atomic E-state index is 9.70. The average molecular weight is 204 g/mol. The Kier molecular flexibility index (Phi) is 6.40. The SMILES string of the molecule is O=[SH](=O)NOBON[SH](=O)=O. The van der Waals surface area contributed by atoms with E-state index < -0.39 is 29.5 Å². The zero-order valence-corrected chi connectivity index (χ0v) is 6.84. The summed E-state index contributed by atoms with van der Waals surface area (Å²) in [7, 11) is -6.28. The number of thiol groups is 2. The molecule has 0 aromatic heterocycles. The van der Waals surface area contributed by atoms with Gasteiger partial charge in [0.25, 0.3) is 0 Å². The standard InChI is InChI=1S/BH5N2O6S2/c4-10(5)2-8-1-9-3-11(6)7/h1,10-11H,(H,2,4,5)(H,3,6,7). The van der Waals surface area contributed by atoms with Crippen LogP contribution in [0.2, 0.25) is 0 Å². The summed E-state index contributed by atoms with van der Waals surface area (Å²) in [6, 6.07) is 0. The Morgan fingerprint density at radius 2 is 1.27 bits per heavy atom. The van der Waals surface area contributed by atoms with Gasteiger partial charge in [0.05, 0.1) is 0 Å². The monoisotopic (exact) mass is 204 g/mol. The summed E-state index contributed by atoms with van der Waals surface area (Å²) < 4.78 is 46.9. The fraction of sp³-hybridized carbons (Fsp3) is 0. The molecule has 0 saturated heterocycles. The molecule has 0 aliphatic carbocycles. The number of rotatable bonds is 6. The molecule has 0 rings (SSSR count). The van der Waals surface area contributed by atoms with Crippen molar-refractivity contribution in [2.45, 2.75) is 0 Å². The summed E-state index contributed by atoms with van der Waals surface area (Å²) in [4.78, 5) is 3.02. The van der Waals surface area contributed by atoms with Crippen molar-refractivity contribution in [1.29, 1.82) is 0 Å². The highest BCUT2D eigenvalue weighted by Crippen LogP contribution is 1.63. The lowest BCUT2D eigenvalue weighted by molar-refractivity contribution is 0.176. The smallest absolute Gasteiger partial charge is 0.315 e. The van der Waals surface area contributed by atoms with Crippen LogP contribution in [0.25, 0.3) is 0 Å². The molecular formula is H5BN2O6S2. The number of hydrogen-bond donors (Lipinski definition) is 4. The third-order valence-electron chi connectivity index (χ3n) is 0.396. The molecule has 0 aliphatic heterocycles. The molecule has 0 unspecified atom stereocenters. The third kappa shape index (κ3) is 9.80. The first-order valence-electron chi connectivity index (χ1n) is 2.16. The van der Waals surface area contributed by atoms with Crippen molar-refractivity contribution in [2.24, 2.45) is 0 Å². The van der Waals surface area contributed by atoms with E-state index in [1.54, 1.807) is 0 Å². The van der Waals surface area contributed by atoms with Crippen LogP contribution in [0.4, 0.5) is 0 Å². The first-order valence-corrected chi connectivity index (χ1v) is 4.52. The number of nitrogens with one attached hydrogen (secondary N) is 2. The van der Waals surface area contributed by atoms with Crippen molar-refractivity contribution in [3.63, 3.8) is 0 Å². The fourth-order valence-corrected chi connectivity index (χ4v) is 0.504. The lowest BCUT2D eigenvalue weighted by Crippen LogP contribution is -2.23. The Morgan fingerprint density at radius 3 is 1.55 bits per heavy atom. The van der Waals surface area contributed by atoms with Gasteiger partial charge in [-0.05, 0) is 0 Å². The zero-order chi connectivity index (χ0) is 8.69. The molecular weight excluding hydrogens is 199 g/mol. The second-order valence-corrected chi connectivity index (χ2v) is 2.50. The lowest BCUT2D eigenvalue weighted by Gasteiger charge is -1.96. The minimum Gasteiger partial charge on any atom is -0.315 e. The molecule has 0 aromatic carbocycles. The molecule has 0 fully saturated rings. The molecule has 0 atom stereocenters. The Morgan fingerprint density at radius 1 is 0.909 bits per heavy atom. The second-order valence-electron chi connectivity index (χ2n) is 1.10. The van der Waals surface area contributed by atoms with Gasteiger partial charge in [0.15, 0.2) is 0 Å². The van der Waals surface area contributed by atoms with E-state index in [0.29, 0.717) is 0 Å². The topological polar surface area (TPSA) is 111 Å². The fourth-order valence-electron chi connectivity index (χ4n) is 0.188. The maximum atomic E-state index is 9.70. The molecule has 0 aliphatic rings. The van der Waals surface area contributed by atoms with E-state index in [0.717, 1.165) is 0 Å². The second kappa shape index (κ2) is 6.51. The van der Waals surface area contributed by atoms with Crippen molar-refractivity contribution >= 4 is 29.5 Å². The summed E-state index contributed by atoms with van der Waals surface area (Å²) >= 11 is 0. The summed E-state index contributed by atoms with van der Waals surface area (Å²) in [5.41, 5.74) is 0. The van der Waals surface area contributed by atoms with Crippen molar-refractivity contribution < 1.29 is 26.3 Å². The predicted molar refractivity (Wildman–Crippen MR) is 36.2 cm³/mol. The molecule has 66 valence electrons. The van der Waals surface area contributed by atoms with Crippen LogP contribution in [0.3, 0.4) is 0 Å². The van der Waals surface area contributed by atoms with Gasteiger partial charge in [0, 0.05) is 0 Å². The first-order chi connectivity index (χ1) is 5.13. The van der Waals surface area contributed by atoms with E-state index in [1.165, 1.54) is 9.77 Å². The van der Waals surface area contributed by atoms with Crippen LogP contribution < -0.4 is 9.77 Å². The highest BCUT2D eigenvalue weighted by Gasteiger charge is 1.92. The highest BCUT2D eigenvalue weighted by atomic mass is 32.2. The first kappa shape index (κ1) is 10.8. The molecule has 8 nitrogen and oxygen atoms in total. The van der Waals surface area contributed by atoms with Gasteiger partial charge >= 0.3 is 7.69 Å². The van der Waals surface area contributed by atoms with E-state index in [-0.39, 0.29) is 0 Å². The quantitative estimate of drug-likeness (QED) is 0.154. The van der Waals surface area contributed by atoms with Gasteiger partial charge < -0.3 is 9.51 Å². The Labute approximate surface area is 66.3 Å². The van der Waals surface area contributed by atoms with Gasteiger partial charge in [-0.25, -0.2) is 16.8 Å². The van der Waals surface area contributed by atoms with Gasteiger partial charge in [-0.3, -0.25) is 0 Å². The molecule has 0 aromatic rings. The van der Waals surface area contributed by atoms with E-state index in [9.17, 15) is 16.8 Å². The average Bonchev–Trinajstić information content (AvgIpc) is 1.85. The van der Waals surface area contributed by atoms with Gasteiger partial charge in [-0.1, -0.05) is 0 Å². The molecule has 0 saturated carbocycles. The van der Waals surface area contributed by atoms with E-state index in [4.69, 9.17) is 0 Å². The normalized spacial score (nSPS) is 10.7. The Bertz CT molecular complexity index is 191. The summed E-state index contributed by atoms with van der Waals surface area (Å²) in [6.45, 7) is 0. The van der Waals surface area contributed by atoms with Gasteiger partial charge in [-0.15, -0.1) is 9.77 Å². The molecule has 0 bridgehead atoms. The summed E-state index contributed by atoms with van der Waals surface area (Å²) in [6.07, 6.45) is 0. The molecule has 0 spiro atoms. The molecule has 0 radical (unpaired) electrons. The van der Waals surface area contributed by atoms with Crippen LogP contribution in [0.1, 0.15) is 0 Å². The van der Waals surface area contributed by atoms with Crippen molar-refractivity contribution in [3.8, 4) is 0 Å². The Balaban J connectivity index is 3.15. The Hall–Kier alpha value is -0.195. The van der Waals surface area contributed by atoms with Gasteiger partial charge in [-0.2, -0.15) is 0 Å². The van der Waals surface area contributed by atoms with Crippen LogP contribution in [0, 0.1) is 0 Å². The molecule has 0 heterocycles. The molecule has 2 N–H and O–H groups in total. The van der Waals surface area contributed by atoms with E-state index in [2.05, 4.69) is 9.51 Å². The van der Waals surface area contributed by atoms with Crippen molar-refractivity contribution in [1.82, 2.24) is 9.77 Å². The van der Waals surface area contributed by atoms with Crippen LogP contribution >= 0.6 is 0 Å². The predicted octanol–water partition coefficient (Wildman–Crippen LogP) is -3.65. The molecule has 11 heteroatoms. The van der Waals surface area contributed by atoms with Crippen LogP contribution in [0.5, 0.6) is 0 Å². The zero-order valence-electron chi connectivity index (χ0n) is 5.05. The molecule has 0 amide bonds. The largest absolute Gasteiger partial charge is 0.476 e. The lowest BCUT2D eigenvalue weighted by atomic mass is 10.4. The summed E-state index contributed by atoms with van der Waals surface area (Å²) in [5.74, 6) is 0. The minimum absolute atomic E-state index is 0.549. The molecule has 11 heavy (non-hydrogen) atoms. The van der Waals surface area contributed by atoms with Crippen molar-refractivity contribution in [3.05, 3.63) is 0 Å². The maximum Gasteiger partial charge on any atom is 0.476 e. The third-order valence-corrected chi connectivity index (χ3v) is 0.952. The number of hydrogen-bond acceptors (Lipinski definition) is 6. The van der Waals surface area contributed by atoms with Crippen LogP contribution in [-0.4, -0.2) is 24.5 Å². The minimum atomic E-state index is -2.86. The highest BCUT2D eigenvalue weighted by molar-refractivity contribution is 7.70.